The lowest BCUT2D eigenvalue weighted by molar-refractivity contribution is -0.0422. The molecule has 17 heteroatoms. The van der Waals surface area contributed by atoms with E-state index in [9.17, 15) is 47.6 Å². The van der Waals surface area contributed by atoms with E-state index in [0.717, 1.165) is 75.1 Å². The fraction of sp³-hybridized carbons (Fsp3) is 0.411. The van der Waals surface area contributed by atoms with Crippen LogP contribution in [0, 0.1) is 25.6 Å². The zero-order chi connectivity index (χ0) is 51.9. The standard InChI is InChI=1S/C33H47FN6O3S.C23H16O6/c1-23-21-38(33(4)12-16-37(17-13-33)32(41)30-24(2)35-22-36-25(30)3)18-19-40(23)31(27-6-5-7-28(34)20-27)26-10-14-39(15-11-26)44(42,43)29-8-9-29;24-20-16(14-7-3-1-5-12(14)9-18(20)22(26)27)11-17-15-8-4-2-6-13(15)10-19(21(17)25)23(28)29/h5-7,20,22-23,26,29,31H,8-19,21H2,1-4H3;1-10,24-25H,11H2,(H,26,27)(H,28,29)/t23-,31+;/m1./s1. The second-order valence-electron chi connectivity index (χ2n) is 20.5. The van der Waals surface area contributed by atoms with Crippen molar-refractivity contribution in [2.75, 3.05) is 45.8 Å². The number of carbonyl (C=O) groups is 3. The highest BCUT2D eigenvalue weighted by Gasteiger charge is 2.45. The molecule has 73 heavy (non-hydrogen) atoms. The number of carboxylic acid groups (broad SMARTS) is 2. The summed E-state index contributed by atoms with van der Waals surface area (Å²) in [5.41, 5.74) is 3.17. The van der Waals surface area contributed by atoms with Crippen molar-refractivity contribution in [1.29, 1.82) is 0 Å². The molecule has 5 aromatic carbocycles. The second kappa shape index (κ2) is 20.8. The van der Waals surface area contributed by atoms with E-state index < -0.39 is 33.5 Å². The maximum atomic E-state index is 14.5. The van der Waals surface area contributed by atoms with Crippen LogP contribution in [-0.2, 0) is 16.4 Å². The van der Waals surface area contributed by atoms with Crippen LogP contribution < -0.4 is 0 Å². The number of phenols is 2. The number of carbonyl (C=O) groups excluding carboxylic acids is 1. The van der Waals surface area contributed by atoms with Crippen molar-refractivity contribution in [2.45, 2.75) is 95.5 Å². The fourth-order valence-electron chi connectivity index (χ4n) is 11.6. The summed E-state index contributed by atoms with van der Waals surface area (Å²) in [6.07, 6.45) is 6.41. The van der Waals surface area contributed by atoms with Gasteiger partial charge >= 0.3 is 11.9 Å². The molecule has 4 fully saturated rings. The summed E-state index contributed by atoms with van der Waals surface area (Å²) in [7, 11) is -3.18. The van der Waals surface area contributed by atoms with Crippen molar-refractivity contribution in [3.05, 3.63) is 142 Å². The van der Waals surface area contributed by atoms with Crippen LogP contribution in [0.2, 0.25) is 0 Å². The lowest BCUT2D eigenvalue weighted by Gasteiger charge is -2.54. The van der Waals surface area contributed by atoms with Crippen molar-refractivity contribution in [2.24, 2.45) is 5.92 Å². The number of fused-ring (bicyclic) bond motifs is 2. The molecule has 1 amide bonds. The van der Waals surface area contributed by atoms with Crippen molar-refractivity contribution < 1.29 is 47.6 Å². The lowest BCUT2D eigenvalue weighted by Crippen LogP contribution is -2.63. The first-order valence-corrected chi connectivity index (χ1v) is 26.6. The van der Waals surface area contributed by atoms with Crippen LogP contribution in [0.5, 0.6) is 11.5 Å². The number of carboxylic acids is 2. The molecular weight excluding hydrogens is 952 g/mol. The number of likely N-dealkylation sites (tertiary alicyclic amines) is 1. The molecule has 4 aliphatic rings. The van der Waals surface area contributed by atoms with Gasteiger partial charge in [0.1, 0.15) is 34.8 Å². The topological polar surface area (TPSA) is 205 Å². The van der Waals surface area contributed by atoms with Crippen LogP contribution in [0.4, 0.5) is 4.39 Å². The third-order valence-corrected chi connectivity index (χ3v) is 18.3. The zero-order valence-corrected chi connectivity index (χ0v) is 42.5. The van der Waals surface area contributed by atoms with E-state index in [0.29, 0.717) is 64.4 Å². The average Bonchev–Trinajstić information content (AvgIpc) is 4.23. The second-order valence-corrected chi connectivity index (χ2v) is 22.7. The van der Waals surface area contributed by atoms with Crippen LogP contribution in [0.25, 0.3) is 21.5 Å². The number of aryl methyl sites for hydroxylation is 2. The Kier molecular flexibility index (Phi) is 14.6. The number of hydrogen-bond acceptors (Lipinski definition) is 11. The van der Waals surface area contributed by atoms with Crippen molar-refractivity contribution in [1.82, 2.24) is 29.0 Å². The quantitative estimate of drug-likeness (QED) is 0.0962. The predicted octanol–water partition coefficient (Wildman–Crippen LogP) is 8.57. The largest absolute Gasteiger partial charge is 0.507 e. The molecule has 4 N–H and O–H groups in total. The molecule has 0 bridgehead atoms. The van der Waals surface area contributed by atoms with Gasteiger partial charge in [0.05, 0.1) is 22.2 Å². The van der Waals surface area contributed by atoms with Gasteiger partial charge in [-0.05, 0) is 124 Å². The van der Waals surface area contributed by atoms with Gasteiger partial charge in [-0.2, -0.15) is 0 Å². The van der Waals surface area contributed by atoms with E-state index in [1.54, 1.807) is 65.0 Å². The number of sulfonamides is 1. The number of halogens is 1. The molecule has 4 heterocycles. The minimum Gasteiger partial charge on any atom is -0.507 e. The van der Waals surface area contributed by atoms with E-state index in [1.165, 1.54) is 24.5 Å². The average molecular weight is 1020 g/mol. The molecule has 0 unspecified atom stereocenters. The van der Waals surface area contributed by atoms with Crippen LogP contribution >= 0.6 is 0 Å². The van der Waals surface area contributed by atoms with Gasteiger partial charge in [-0.25, -0.2) is 36.7 Å². The summed E-state index contributed by atoms with van der Waals surface area (Å²) in [5, 5.41) is 42.6. The van der Waals surface area contributed by atoms with Crippen LogP contribution in [0.1, 0.15) is 118 Å². The van der Waals surface area contributed by atoms with E-state index in [2.05, 4.69) is 33.6 Å². The van der Waals surface area contributed by atoms with E-state index in [-0.39, 0.29) is 58.1 Å². The Labute approximate surface area is 425 Å². The number of piperazine rings is 1. The molecule has 1 aromatic heterocycles. The summed E-state index contributed by atoms with van der Waals surface area (Å²) >= 11 is 0. The number of amides is 1. The molecule has 10 rings (SSSR count). The smallest absolute Gasteiger partial charge is 0.339 e. The lowest BCUT2D eigenvalue weighted by atomic mass is 9.82. The first kappa shape index (κ1) is 51.4. The maximum Gasteiger partial charge on any atom is 0.339 e. The number of aromatic carboxylic acids is 2. The van der Waals surface area contributed by atoms with Gasteiger partial charge in [0.2, 0.25) is 10.0 Å². The molecule has 1 saturated carbocycles. The van der Waals surface area contributed by atoms with Gasteiger partial charge in [-0.3, -0.25) is 14.6 Å². The number of aromatic hydroxyl groups is 2. The molecule has 6 aromatic rings. The molecule has 15 nitrogen and oxygen atoms in total. The molecule has 0 radical (unpaired) electrons. The molecule has 3 aliphatic heterocycles. The molecule has 1 aliphatic carbocycles. The van der Waals surface area contributed by atoms with E-state index >= 15 is 0 Å². The fourth-order valence-corrected chi connectivity index (χ4v) is 13.4. The van der Waals surface area contributed by atoms with Gasteiger partial charge in [0.25, 0.3) is 5.91 Å². The third kappa shape index (κ3) is 10.4. The van der Waals surface area contributed by atoms with E-state index in [1.807, 2.05) is 24.8 Å². The summed E-state index contributed by atoms with van der Waals surface area (Å²) < 4.78 is 42.0. The van der Waals surface area contributed by atoms with Crippen molar-refractivity contribution in [3.8, 4) is 11.5 Å². The van der Waals surface area contributed by atoms with Crippen LogP contribution in [0.15, 0.2) is 91.3 Å². The Morgan fingerprint density at radius 1 is 0.740 bits per heavy atom. The number of benzene rings is 5. The molecule has 0 spiro atoms. The normalized spacial score (nSPS) is 19.6. The van der Waals surface area contributed by atoms with Crippen molar-refractivity contribution in [3.63, 3.8) is 0 Å². The van der Waals surface area contributed by atoms with Gasteiger partial charge in [0, 0.05) is 81.0 Å². The highest BCUT2D eigenvalue weighted by atomic mass is 32.2. The third-order valence-electron chi connectivity index (χ3n) is 15.9. The van der Waals surface area contributed by atoms with Gasteiger partial charge in [-0.1, -0.05) is 60.7 Å². The Bertz CT molecular complexity index is 3080. The minimum absolute atomic E-state index is 0.00866. The Morgan fingerprint density at radius 3 is 1.79 bits per heavy atom. The minimum atomic E-state index is -3.18. The van der Waals surface area contributed by atoms with Crippen LogP contribution in [-0.4, -0.2) is 138 Å². The Morgan fingerprint density at radius 2 is 1.29 bits per heavy atom. The number of piperidine rings is 2. The Hall–Kier alpha value is -6.53. The van der Waals surface area contributed by atoms with Gasteiger partial charge in [0.15, 0.2) is 0 Å². The van der Waals surface area contributed by atoms with E-state index in [4.69, 9.17) is 0 Å². The van der Waals surface area contributed by atoms with Gasteiger partial charge in [-0.15, -0.1) is 0 Å². The summed E-state index contributed by atoms with van der Waals surface area (Å²) in [6, 6.07) is 24.1. The predicted molar refractivity (Wildman–Crippen MR) is 276 cm³/mol. The van der Waals surface area contributed by atoms with Crippen molar-refractivity contribution >= 4 is 49.4 Å². The first-order chi connectivity index (χ1) is 34.9. The highest BCUT2D eigenvalue weighted by molar-refractivity contribution is 7.90. The molecule has 384 valence electrons. The van der Waals surface area contributed by atoms with Gasteiger partial charge < -0.3 is 25.3 Å². The first-order valence-electron chi connectivity index (χ1n) is 25.1. The molecule has 2 atom stereocenters. The number of aromatic nitrogens is 2. The summed E-state index contributed by atoms with van der Waals surface area (Å²) in [5.74, 6) is -3.30. The zero-order valence-electron chi connectivity index (χ0n) is 41.7. The summed E-state index contributed by atoms with van der Waals surface area (Å²) in [4.78, 5) is 52.2. The molecular formula is C56H63FN6O9S. The summed E-state index contributed by atoms with van der Waals surface area (Å²) in [6.45, 7) is 13.5. The Balaban J connectivity index is 0.000000196. The van der Waals surface area contributed by atoms with Crippen LogP contribution in [0.3, 0.4) is 0 Å². The number of hydrogen-bond donors (Lipinski definition) is 4. The SMILES string of the molecule is Cc1ncnc(C)c1C(=O)N1CCC(C)(N2CCN([C@H](c3cccc(F)c3)C3CCN(S(=O)(=O)C4CC4)CC3)[C@H](C)C2)CC1.O=C(O)c1cc2ccccc2c(Cc2c(O)c(C(=O)O)cc3ccccc23)c1O. The highest BCUT2D eigenvalue weighted by Crippen LogP contribution is 2.43. The number of rotatable bonds is 11. The maximum absolute atomic E-state index is 14.5. The molecule has 3 saturated heterocycles. The number of nitrogens with zero attached hydrogens (tertiary/aromatic N) is 6. The monoisotopic (exact) mass is 1010 g/mol.